The number of allylic oxidation sites excluding steroid dienone is 1. The first-order chi connectivity index (χ1) is 13.1. The fraction of sp³-hybridized carbons (Fsp3) is 0.263. The predicted molar refractivity (Wildman–Crippen MR) is 104 cm³/mol. The number of carboxylic acids is 1. The Balaban J connectivity index is 2.31. The van der Waals surface area contributed by atoms with Gasteiger partial charge in [-0.1, -0.05) is 12.5 Å². The molecule has 1 aromatic heterocycles. The van der Waals surface area contributed by atoms with Crippen LogP contribution >= 0.6 is 11.3 Å². The Bertz CT molecular complexity index is 900. The summed E-state index contributed by atoms with van der Waals surface area (Å²) in [5, 5.41) is 13.0. The number of thiophene rings is 1. The number of hydrogen-bond acceptors (Lipinski definition) is 5. The minimum absolute atomic E-state index is 0.156. The highest BCUT2D eigenvalue weighted by molar-refractivity contribution is 7.18. The SMILES string of the molecule is CC/C(C)=C/Nc1sc(C(=O)O)cc1C(C)=Nc1ccc(OC(F)(F)F)cc1. The van der Waals surface area contributed by atoms with Gasteiger partial charge in [0.2, 0.25) is 0 Å². The molecule has 2 aromatic rings. The van der Waals surface area contributed by atoms with Gasteiger partial charge in [-0.25, -0.2) is 4.79 Å². The van der Waals surface area contributed by atoms with Crippen LogP contribution in [0.5, 0.6) is 5.75 Å². The predicted octanol–water partition coefficient (Wildman–Crippen LogP) is 6.21. The second-order valence-electron chi connectivity index (χ2n) is 5.89. The molecule has 2 N–H and O–H groups in total. The molecule has 0 aliphatic heterocycles. The molecule has 0 aliphatic carbocycles. The van der Waals surface area contributed by atoms with E-state index in [2.05, 4.69) is 15.0 Å². The van der Waals surface area contributed by atoms with Gasteiger partial charge in [-0.2, -0.15) is 0 Å². The highest BCUT2D eigenvalue weighted by Gasteiger charge is 2.30. The molecule has 2 rings (SSSR count). The molecule has 9 heteroatoms. The maximum absolute atomic E-state index is 12.2. The average Bonchev–Trinajstić information content (AvgIpc) is 3.04. The van der Waals surface area contributed by atoms with Crippen LogP contribution in [-0.2, 0) is 0 Å². The Morgan fingerprint density at radius 2 is 1.93 bits per heavy atom. The van der Waals surface area contributed by atoms with Crippen molar-refractivity contribution in [3.63, 3.8) is 0 Å². The molecule has 0 fully saturated rings. The first kappa shape index (κ1) is 21.5. The number of aromatic carboxylic acids is 1. The normalized spacial score (nSPS) is 12.8. The molecule has 0 radical (unpaired) electrons. The Hall–Kier alpha value is -2.81. The lowest BCUT2D eigenvalue weighted by atomic mass is 10.2. The van der Waals surface area contributed by atoms with Crippen molar-refractivity contribution in [1.29, 1.82) is 0 Å². The summed E-state index contributed by atoms with van der Waals surface area (Å²) in [5.41, 5.74) is 2.64. The third-order valence-electron chi connectivity index (χ3n) is 3.71. The molecule has 1 aromatic carbocycles. The van der Waals surface area contributed by atoms with Crippen LogP contribution < -0.4 is 10.1 Å². The molecule has 1 heterocycles. The summed E-state index contributed by atoms with van der Waals surface area (Å²) in [4.78, 5) is 15.9. The van der Waals surface area contributed by atoms with Gasteiger partial charge in [0, 0.05) is 17.5 Å². The number of benzene rings is 1. The second-order valence-corrected chi connectivity index (χ2v) is 6.94. The number of halogens is 3. The highest BCUT2D eigenvalue weighted by Crippen LogP contribution is 2.31. The van der Waals surface area contributed by atoms with Gasteiger partial charge in [-0.15, -0.1) is 24.5 Å². The van der Waals surface area contributed by atoms with Gasteiger partial charge >= 0.3 is 12.3 Å². The number of nitrogens with one attached hydrogen (secondary N) is 1. The van der Waals surface area contributed by atoms with Gasteiger partial charge in [-0.05, 0) is 50.6 Å². The fourth-order valence-corrected chi connectivity index (χ4v) is 3.06. The molecule has 0 amide bonds. The van der Waals surface area contributed by atoms with Crippen molar-refractivity contribution in [3.05, 3.63) is 52.5 Å². The molecule has 5 nitrogen and oxygen atoms in total. The van der Waals surface area contributed by atoms with Crippen molar-refractivity contribution in [2.45, 2.75) is 33.6 Å². The zero-order chi connectivity index (χ0) is 20.9. The molecule has 0 bridgehead atoms. The van der Waals surface area contributed by atoms with Gasteiger partial charge in [0.1, 0.15) is 15.6 Å². The van der Waals surface area contributed by atoms with Gasteiger partial charge in [0.25, 0.3) is 0 Å². The van der Waals surface area contributed by atoms with E-state index in [0.29, 0.717) is 22.0 Å². The van der Waals surface area contributed by atoms with E-state index in [0.717, 1.165) is 23.3 Å². The molecular formula is C19H19F3N2O3S. The molecule has 0 saturated heterocycles. The quantitative estimate of drug-likeness (QED) is 0.530. The maximum Gasteiger partial charge on any atom is 0.573 e. The van der Waals surface area contributed by atoms with Crippen molar-refractivity contribution in [2.75, 3.05) is 5.32 Å². The molecule has 0 unspecified atom stereocenters. The number of rotatable bonds is 7. The van der Waals surface area contributed by atoms with Crippen molar-refractivity contribution in [2.24, 2.45) is 4.99 Å². The van der Waals surface area contributed by atoms with Crippen molar-refractivity contribution in [1.82, 2.24) is 0 Å². The Kier molecular flexibility index (Phi) is 6.85. The third kappa shape index (κ3) is 6.12. The van der Waals surface area contributed by atoms with Crippen LogP contribution in [0.2, 0.25) is 0 Å². The molecule has 150 valence electrons. The van der Waals surface area contributed by atoms with Gasteiger partial charge in [0.15, 0.2) is 0 Å². The van der Waals surface area contributed by atoms with Gasteiger partial charge in [-0.3, -0.25) is 4.99 Å². The zero-order valence-corrected chi connectivity index (χ0v) is 16.2. The second kappa shape index (κ2) is 8.92. The summed E-state index contributed by atoms with van der Waals surface area (Å²) in [5.74, 6) is -1.38. The molecule has 0 aliphatic rings. The van der Waals surface area contributed by atoms with E-state index < -0.39 is 12.3 Å². The van der Waals surface area contributed by atoms with Crippen molar-refractivity contribution >= 4 is 33.7 Å². The zero-order valence-electron chi connectivity index (χ0n) is 15.4. The highest BCUT2D eigenvalue weighted by atomic mass is 32.1. The van der Waals surface area contributed by atoms with Crippen LogP contribution in [0.15, 0.2) is 47.1 Å². The topological polar surface area (TPSA) is 70.9 Å². The molecular weight excluding hydrogens is 393 g/mol. The van der Waals surface area contributed by atoms with Crippen molar-refractivity contribution in [3.8, 4) is 5.75 Å². The maximum atomic E-state index is 12.2. The lowest BCUT2D eigenvalue weighted by Crippen LogP contribution is -2.16. The number of alkyl halides is 3. The van der Waals surface area contributed by atoms with E-state index in [-0.39, 0.29) is 10.6 Å². The summed E-state index contributed by atoms with van der Waals surface area (Å²) in [6, 6.07) is 6.64. The van der Waals surface area contributed by atoms with E-state index in [9.17, 15) is 23.1 Å². The van der Waals surface area contributed by atoms with E-state index >= 15 is 0 Å². The molecule has 28 heavy (non-hydrogen) atoms. The van der Waals surface area contributed by atoms with Crippen LogP contribution in [0, 0.1) is 0 Å². The van der Waals surface area contributed by atoms with Crippen LogP contribution in [0.25, 0.3) is 0 Å². The smallest absolute Gasteiger partial charge is 0.477 e. The van der Waals surface area contributed by atoms with Crippen LogP contribution in [0.1, 0.15) is 42.4 Å². The monoisotopic (exact) mass is 412 g/mol. The van der Waals surface area contributed by atoms with E-state index in [4.69, 9.17) is 0 Å². The lowest BCUT2D eigenvalue weighted by molar-refractivity contribution is -0.274. The van der Waals surface area contributed by atoms with E-state index in [1.807, 2.05) is 13.8 Å². The average molecular weight is 412 g/mol. The molecule has 0 atom stereocenters. The van der Waals surface area contributed by atoms with E-state index in [1.165, 1.54) is 30.3 Å². The number of carboxylic acid groups (broad SMARTS) is 1. The minimum atomic E-state index is -4.75. The Morgan fingerprint density at radius 1 is 1.29 bits per heavy atom. The summed E-state index contributed by atoms with van der Waals surface area (Å²) < 4.78 is 40.5. The summed E-state index contributed by atoms with van der Waals surface area (Å²) >= 11 is 1.09. The number of anilines is 1. The molecule has 0 saturated carbocycles. The first-order valence-electron chi connectivity index (χ1n) is 8.30. The van der Waals surface area contributed by atoms with Crippen molar-refractivity contribution < 1.29 is 27.8 Å². The number of hydrogen-bond donors (Lipinski definition) is 2. The lowest BCUT2D eigenvalue weighted by Gasteiger charge is -2.08. The third-order valence-corrected chi connectivity index (χ3v) is 4.76. The Labute approximate surface area is 164 Å². The standard InChI is InChI=1S/C19H19F3N2O3S/c1-4-11(2)10-23-17-15(9-16(28-17)18(25)26)12(3)24-13-5-7-14(8-6-13)27-19(20,21)22/h5-10,23H,4H2,1-3H3,(H,25,26)/b11-10+,24-12?. The number of aliphatic imine (C=N–C) groups is 1. The number of nitrogens with zero attached hydrogens (tertiary/aromatic N) is 1. The number of ether oxygens (including phenoxy) is 1. The largest absolute Gasteiger partial charge is 0.573 e. The van der Waals surface area contributed by atoms with Gasteiger partial charge in [0.05, 0.1) is 5.69 Å². The number of carbonyl (C=O) groups is 1. The summed E-state index contributed by atoms with van der Waals surface area (Å²) in [6.07, 6.45) is -2.11. The van der Waals surface area contributed by atoms with Crippen LogP contribution in [-0.4, -0.2) is 23.1 Å². The van der Waals surface area contributed by atoms with Crippen LogP contribution in [0.3, 0.4) is 0 Å². The van der Waals surface area contributed by atoms with E-state index in [1.54, 1.807) is 13.1 Å². The summed E-state index contributed by atoms with van der Waals surface area (Å²) in [7, 11) is 0. The summed E-state index contributed by atoms with van der Waals surface area (Å²) in [6.45, 7) is 5.66. The molecule has 0 spiro atoms. The van der Waals surface area contributed by atoms with Crippen LogP contribution in [0.4, 0.5) is 23.9 Å². The Morgan fingerprint density at radius 3 is 2.46 bits per heavy atom. The first-order valence-corrected chi connectivity index (χ1v) is 9.11. The fourth-order valence-electron chi connectivity index (χ4n) is 2.14. The minimum Gasteiger partial charge on any atom is -0.477 e. The van der Waals surface area contributed by atoms with Gasteiger partial charge < -0.3 is 15.2 Å².